The lowest BCUT2D eigenvalue weighted by Gasteiger charge is -2.09. The van der Waals surface area contributed by atoms with Crippen LogP contribution >= 0.6 is 11.6 Å². The maximum atomic E-state index is 12.7. The first-order valence-corrected chi connectivity index (χ1v) is 7.26. The predicted octanol–water partition coefficient (Wildman–Crippen LogP) is 1.75. The van der Waals surface area contributed by atoms with Crippen molar-refractivity contribution >= 4 is 21.6 Å². The van der Waals surface area contributed by atoms with Gasteiger partial charge in [0.25, 0.3) is 0 Å². The Bertz CT molecular complexity index is 464. The largest absolute Gasteiger partial charge is 0.383 e. The highest BCUT2D eigenvalue weighted by molar-refractivity contribution is 7.89. The van der Waals surface area contributed by atoms with Gasteiger partial charge in [0.1, 0.15) is 5.82 Å². The van der Waals surface area contributed by atoms with Crippen LogP contribution in [-0.4, -0.2) is 34.1 Å². The van der Waals surface area contributed by atoms with Crippen molar-refractivity contribution in [2.24, 2.45) is 0 Å². The van der Waals surface area contributed by atoms with Crippen LogP contribution in [0.2, 0.25) is 0 Å². The third-order valence-corrected chi connectivity index (χ3v) is 4.04. The van der Waals surface area contributed by atoms with E-state index in [0.29, 0.717) is 13.0 Å². The predicted molar refractivity (Wildman–Crippen MR) is 67.7 cm³/mol. The molecule has 0 heterocycles. The average molecular weight is 296 g/mol. The van der Waals surface area contributed by atoms with Crippen LogP contribution in [0.5, 0.6) is 0 Å². The third kappa shape index (κ3) is 4.89. The van der Waals surface area contributed by atoms with Crippen LogP contribution in [0.15, 0.2) is 29.2 Å². The number of nitrogens with one attached hydrogen (secondary N) is 1. The number of hydrogen-bond donors (Lipinski definition) is 1. The van der Waals surface area contributed by atoms with Gasteiger partial charge in [0, 0.05) is 13.7 Å². The Morgan fingerprint density at radius 2 is 2.00 bits per heavy atom. The lowest BCUT2D eigenvalue weighted by molar-refractivity contribution is 0.196. The molecule has 102 valence electrons. The van der Waals surface area contributed by atoms with E-state index >= 15 is 0 Å². The molecule has 1 N–H and O–H groups in total. The molecule has 0 aliphatic carbocycles. The molecule has 1 rings (SSSR count). The normalized spacial score (nSPS) is 13.5. The van der Waals surface area contributed by atoms with Crippen molar-refractivity contribution in [3.05, 3.63) is 30.1 Å². The minimum absolute atomic E-state index is 0.0294. The number of ether oxygens (including phenoxy) is 1. The summed E-state index contributed by atoms with van der Waals surface area (Å²) < 4.78 is 43.4. The molecule has 18 heavy (non-hydrogen) atoms. The molecule has 0 saturated heterocycles. The fourth-order valence-corrected chi connectivity index (χ4v) is 2.59. The highest BCUT2D eigenvalue weighted by Crippen LogP contribution is 2.10. The van der Waals surface area contributed by atoms with Crippen molar-refractivity contribution < 1.29 is 17.5 Å². The van der Waals surface area contributed by atoms with E-state index < -0.39 is 15.8 Å². The van der Waals surface area contributed by atoms with Crippen molar-refractivity contribution in [3.8, 4) is 0 Å². The van der Waals surface area contributed by atoms with E-state index in [-0.39, 0.29) is 16.8 Å². The Morgan fingerprint density at radius 3 is 2.56 bits per heavy atom. The summed E-state index contributed by atoms with van der Waals surface area (Å²) in [5.41, 5.74) is 0. The summed E-state index contributed by atoms with van der Waals surface area (Å²) in [4.78, 5) is 0.0294. The second-order valence-electron chi connectivity index (χ2n) is 3.69. The Balaban J connectivity index is 2.52. The zero-order valence-corrected chi connectivity index (χ0v) is 11.5. The smallest absolute Gasteiger partial charge is 0.240 e. The summed E-state index contributed by atoms with van der Waals surface area (Å²) in [5.74, 6) is -0.477. The fraction of sp³-hybridized carbons (Fsp3) is 0.455. The van der Waals surface area contributed by atoms with Crippen molar-refractivity contribution in [1.29, 1.82) is 0 Å². The average Bonchev–Trinajstić information content (AvgIpc) is 2.29. The Hall–Kier alpha value is -0.690. The fourth-order valence-electron chi connectivity index (χ4n) is 1.31. The van der Waals surface area contributed by atoms with Crippen molar-refractivity contribution in [2.45, 2.75) is 16.7 Å². The van der Waals surface area contributed by atoms with E-state index in [9.17, 15) is 12.8 Å². The zero-order chi connectivity index (χ0) is 13.6. The molecule has 1 aromatic rings. The molecule has 1 unspecified atom stereocenters. The molecule has 1 atom stereocenters. The minimum Gasteiger partial charge on any atom is -0.383 e. The molecular formula is C11H15ClFNO3S. The molecule has 4 nitrogen and oxygen atoms in total. The topological polar surface area (TPSA) is 55.4 Å². The molecule has 1 aromatic carbocycles. The van der Waals surface area contributed by atoms with Crippen molar-refractivity contribution in [1.82, 2.24) is 4.72 Å². The minimum atomic E-state index is -3.60. The van der Waals surface area contributed by atoms with Crippen LogP contribution in [0, 0.1) is 5.82 Å². The molecule has 0 aliphatic heterocycles. The first-order chi connectivity index (χ1) is 8.45. The van der Waals surface area contributed by atoms with Gasteiger partial charge in [0.15, 0.2) is 0 Å². The molecule has 0 spiro atoms. The van der Waals surface area contributed by atoms with E-state index in [1.807, 2.05) is 0 Å². The standard InChI is InChI=1S/C11H15ClFNO3S/c1-17-8-9(12)6-7-14-18(15,16)11-4-2-10(13)3-5-11/h2-5,9,14H,6-8H2,1H3. The molecular weight excluding hydrogens is 281 g/mol. The number of sulfonamides is 1. The maximum Gasteiger partial charge on any atom is 0.240 e. The van der Waals surface area contributed by atoms with Crippen LogP contribution in [0.4, 0.5) is 4.39 Å². The number of benzene rings is 1. The summed E-state index contributed by atoms with van der Waals surface area (Å²) in [6, 6.07) is 4.63. The van der Waals surface area contributed by atoms with E-state index in [1.165, 1.54) is 19.2 Å². The molecule has 0 radical (unpaired) electrons. The molecule has 0 aromatic heterocycles. The van der Waals surface area contributed by atoms with Crippen LogP contribution in [-0.2, 0) is 14.8 Å². The van der Waals surface area contributed by atoms with Gasteiger partial charge in [0.2, 0.25) is 10.0 Å². The lowest BCUT2D eigenvalue weighted by atomic mass is 10.3. The van der Waals surface area contributed by atoms with Gasteiger partial charge in [-0.1, -0.05) is 0 Å². The summed E-state index contributed by atoms with van der Waals surface area (Å²) in [7, 11) is -2.08. The van der Waals surface area contributed by atoms with Gasteiger partial charge in [-0.3, -0.25) is 0 Å². The van der Waals surface area contributed by atoms with Gasteiger partial charge in [-0.05, 0) is 30.7 Å². The van der Waals surface area contributed by atoms with E-state index in [1.54, 1.807) is 0 Å². The number of alkyl halides is 1. The van der Waals surface area contributed by atoms with Gasteiger partial charge in [-0.25, -0.2) is 17.5 Å². The van der Waals surface area contributed by atoms with Crippen LogP contribution in [0.1, 0.15) is 6.42 Å². The molecule has 0 fully saturated rings. The van der Waals surface area contributed by atoms with Crippen LogP contribution in [0.25, 0.3) is 0 Å². The zero-order valence-electron chi connectivity index (χ0n) is 9.90. The molecule has 0 aliphatic rings. The van der Waals surface area contributed by atoms with Crippen molar-refractivity contribution in [3.63, 3.8) is 0 Å². The highest BCUT2D eigenvalue weighted by atomic mass is 35.5. The summed E-state index contributed by atoms with van der Waals surface area (Å²) in [6.07, 6.45) is 0.454. The Morgan fingerprint density at radius 1 is 1.39 bits per heavy atom. The highest BCUT2D eigenvalue weighted by Gasteiger charge is 2.14. The van der Waals surface area contributed by atoms with Crippen LogP contribution in [0.3, 0.4) is 0 Å². The SMILES string of the molecule is COCC(Cl)CCNS(=O)(=O)c1ccc(F)cc1. The quantitative estimate of drug-likeness (QED) is 0.780. The van der Waals surface area contributed by atoms with Crippen LogP contribution < -0.4 is 4.72 Å². The monoisotopic (exact) mass is 295 g/mol. The molecule has 0 amide bonds. The van der Waals surface area contributed by atoms with Gasteiger partial charge < -0.3 is 4.74 Å². The second kappa shape index (κ2) is 7.04. The van der Waals surface area contributed by atoms with E-state index in [4.69, 9.17) is 16.3 Å². The Kier molecular flexibility index (Phi) is 6.01. The number of halogens is 2. The van der Waals surface area contributed by atoms with Gasteiger partial charge in [-0.2, -0.15) is 0 Å². The maximum absolute atomic E-state index is 12.7. The van der Waals surface area contributed by atoms with Crippen molar-refractivity contribution in [2.75, 3.05) is 20.3 Å². The van der Waals surface area contributed by atoms with E-state index in [2.05, 4.69) is 4.72 Å². The first kappa shape index (κ1) is 15.4. The summed E-state index contributed by atoms with van der Waals surface area (Å²) in [5, 5.41) is -0.245. The molecule has 0 saturated carbocycles. The third-order valence-electron chi connectivity index (χ3n) is 2.22. The summed E-state index contributed by atoms with van der Waals surface area (Å²) in [6.45, 7) is 0.567. The second-order valence-corrected chi connectivity index (χ2v) is 6.08. The molecule has 7 heteroatoms. The summed E-state index contributed by atoms with van der Waals surface area (Å²) >= 11 is 5.87. The number of rotatable bonds is 7. The lowest BCUT2D eigenvalue weighted by Crippen LogP contribution is -2.27. The number of hydrogen-bond acceptors (Lipinski definition) is 3. The van der Waals surface area contributed by atoms with Gasteiger partial charge >= 0.3 is 0 Å². The number of methoxy groups -OCH3 is 1. The molecule has 0 bridgehead atoms. The first-order valence-electron chi connectivity index (χ1n) is 5.34. The Labute approximate surface area is 111 Å². The van der Waals surface area contributed by atoms with E-state index in [0.717, 1.165) is 12.1 Å². The van der Waals surface area contributed by atoms with Gasteiger partial charge in [-0.15, -0.1) is 11.6 Å². The van der Waals surface area contributed by atoms with Gasteiger partial charge in [0.05, 0.1) is 16.9 Å².